The van der Waals surface area contributed by atoms with Crippen molar-refractivity contribution < 1.29 is 9.21 Å². The molecule has 6 heteroatoms. The van der Waals surface area contributed by atoms with E-state index in [2.05, 4.69) is 10.3 Å². The number of pyridine rings is 1. The van der Waals surface area contributed by atoms with Crippen LogP contribution in [0.3, 0.4) is 0 Å². The number of aryl methyl sites for hydroxylation is 1. The summed E-state index contributed by atoms with van der Waals surface area (Å²) in [6, 6.07) is 3.18. The van der Waals surface area contributed by atoms with Crippen molar-refractivity contribution in [2.75, 3.05) is 5.32 Å². The number of hydrogen-bond acceptors (Lipinski definition) is 4. The Hall–Kier alpha value is -2.37. The topological polar surface area (TPSA) is 77.1 Å². The highest BCUT2D eigenvalue weighted by Gasteiger charge is 2.20. The monoisotopic (exact) mass is 275 g/mol. The SMILES string of the molecule is Cn1cccc(C(=O)Nc2nc(C(C)(C)C)co2)c1=O. The third-order valence-electron chi connectivity index (χ3n) is 2.86. The van der Waals surface area contributed by atoms with Crippen molar-refractivity contribution in [3.63, 3.8) is 0 Å². The Bertz CT molecular complexity index is 692. The molecule has 2 heterocycles. The van der Waals surface area contributed by atoms with Crippen LogP contribution in [0, 0.1) is 0 Å². The predicted molar refractivity (Wildman–Crippen MR) is 74.8 cm³/mol. The average Bonchev–Trinajstić information content (AvgIpc) is 2.81. The fourth-order valence-corrected chi connectivity index (χ4v) is 1.61. The van der Waals surface area contributed by atoms with Crippen molar-refractivity contribution >= 4 is 11.9 Å². The van der Waals surface area contributed by atoms with Gasteiger partial charge in [0.1, 0.15) is 11.8 Å². The normalized spacial score (nSPS) is 11.4. The second kappa shape index (κ2) is 4.96. The molecular weight excluding hydrogens is 258 g/mol. The first-order valence-corrected chi connectivity index (χ1v) is 6.22. The Morgan fingerprint density at radius 3 is 2.70 bits per heavy atom. The second-order valence-corrected chi connectivity index (χ2v) is 5.58. The van der Waals surface area contributed by atoms with Crippen molar-refractivity contribution in [2.45, 2.75) is 26.2 Å². The van der Waals surface area contributed by atoms with Crippen LogP contribution in [-0.4, -0.2) is 15.5 Å². The van der Waals surface area contributed by atoms with E-state index < -0.39 is 5.91 Å². The van der Waals surface area contributed by atoms with Crippen LogP contribution in [0.4, 0.5) is 6.01 Å². The highest BCUT2D eigenvalue weighted by molar-refractivity contribution is 6.02. The largest absolute Gasteiger partial charge is 0.432 e. The molecular formula is C14H17N3O3. The summed E-state index contributed by atoms with van der Waals surface area (Å²) in [6.45, 7) is 5.97. The summed E-state index contributed by atoms with van der Waals surface area (Å²) in [6.07, 6.45) is 3.08. The smallest absolute Gasteiger partial charge is 0.301 e. The van der Waals surface area contributed by atoms with Crippen molar-refractivity contribution in [3.05, 3.63) is 46.2 Å². The first-order chi connectivity index (χ1) is 9.29. The third kappa shape index (κ3) is 2.79. The van der Waals surface area contributed by atoms with Gasteiger partial charge in [-0.3, -0.25) is 14.9 Å². The van der Waals surface area contributed by atoms with Crippen LogP contribution in [-0.2, 0) is 12.5 Å². The minimum atomic E-state index is -0.534. The molecule has 0 saturated heterocycles. The molecule has 0 aliphatic carbocycles. The summed E-state index contributed by atoms with van der Waals surface area (Å²) >= 11 is 0. The number of oxazole rings is 1. The summed E-state index contributed by atoms with van der Waals surface area (Å²) in [7, 11) is 1.59. The fourth-order valence-electron chi connectivity index (χ4n) is 1.61. The van der Waals surface area contributed by atoms with Crippen LogP contribution < -0.4 is 10.9 Å². The first-order valence-electron chi connectivity index (χ1n) is 6.22. The predicted octanol–water partition coefficient (Wildman–Crippen LogP) is 1.92. The number of carbonyl (C=O) groups excluding carboxylic acids is 1. The summed E-state index contributed by atoms with van der Waals surface area (Å²) in [5, 5.41) is 2.49. The lowest BCUT2D eigenvalue weighted by Crippen LogP contribution is -2.27. The van der Waals surface area contributed by atoms with Crippen LogP contribution in [0.15, 0.2) is 33.8 Å². The number of amides is 1. The van der Waals surface area contributed by atoms with Crippen LogP contribution in [0.5, 0.6) is 0 Å². The van der Waals surface area contributed by atoms with Gasteiger partial charge in [0, 0.05) is 18.7 Å². The Balaban J connectivity index is 2.22. The molecule has 1 amide bonds. The van der Waals surface area contributed by atoms with Crippen molar-refractivity contribution in [2.24, 2.45) is 7.05 Å². The zero-order chi connectivity index (χ0) is 14.9. The Morgan fingerprint density at radius 1 is 1.40 bits per heavy atom. The molecule has 0 unspecified atom stereocenters. The number of nitrogens with zero attached hydrogens (tertiary/aromatic N) is 2. The Kier molecular flexibility index (Phi) is 3.48. The maximum Gasteiger partial charge on any atom is 0.301 e. The fraction of sp³-hybridized carbons (Fsp3) is 0.357. The van der Waals surface area contributed by atoms with E-state index in [4.69, 9.17) is 4.42 Å². The van der Waals surface area contributed by atoms with Gasteiger partial charge in [-0.15, -0.1) is 0 Å². The number of carbonyl (C=O) groups is 1. The summed E-state index contributed by atoms with van der Waals surface area (Å²) in [4.78, 5) is 28.0. The minimum absolute atomic E-state index is 0.0468. The van der Waals surface area contributed by atoms with Crippen LogP contribution in [0.25, 0.3) is 0 Å². The molecule has 0 radical (unpaired) electrons. The number of aromatic nitrogens is 2. The molecule has 0 spiro atoms. The van der Waals surface area contributed by atoms with E-state index in [-0.39, 0.29) is 22.6 Å². The maximum absolute atomic E-state index is 12.0. The van der Waals surface area contributed by atoms with Crippen molar-refractivity contribution in [3.8, 4) is 0 Å². The molecule has 0 aromatic carbocycles. The third-order valence-corrected chi connectivity index (χ3v) is 2.86. The zero-order valence-electron chi connectivity index (χ0n) is 11.9. The van der Waals surface area contributed by atoms with E-state index in [1.165, 1.54) is 16.9 Å². The summed E-state index contributed by atoms with van der Waals surface area (Å²) in [5.74, 6) is -0.534. The van der Waals surface area contributed by atoms with E-state index in [1.807, 2.05) is 20.8 Å². The van der Waals surface area contributed by atoms with E-state index >= 15 is 0 Å². The molecule has 20 heavy (non-hydrogen) atoms. The van der Waals surface area contributed by atoms with Crippen LogP contribution >= 0.6 is 0 Å². The second-order valence-electron chi connectivity index (χ2n) is 5.58. The summed E-state index contributed by atoms with van der Waals surface area (Å²) < 4.78 is 6.54. The van der Waals surface area contributed by atoms with Crippen molar-refractivity contribution in [1.82, 2.24) is 9.55 Å². The standard InChI is InChI=1S/C14H17N3O3/c1-14(2,3)10-8-20-13(15-10)16-11(18)9-6-5-7-17(4)12(9)19/h5-8H,1-4H3,(H,15,16,18). The molecule has 0 bridgehead atoms. The van der Waals surface area contributed by atoms with E-state index in [1.54, 1.807) is 19.3 Å². The number of nitrogens with one attached hydrogen (secondary N) is 1. The van der Waals surface area contributed by atoms with Gasteiger partial charge in [-0.05, 0) is 12.1 Å². The quantitative estimate of drug-likeness (QED) is 0.908. The maximum atomic E-state index is 12.0. The van der Waals surface area contributed by atoms with Crippen LogP contribution in [0.2, 0.25) is 0 Å². The van der Waals surface area contributed by atoms with Gasteiger partial charge in [0.2, 0.25) is 0 Å². The molecule has 1 N–H and O–H groups in total. The molecule has 106 valence electrons. The van der Waals surface area contributed by atoms with Crippen LogP contribution in [0.1, 0.15) is 36.8 Å². The molecule has 0 aliphatic rings. The first kappa shape index (κ1) is 14.0. The molecule has 2 aromatic heterocycles. The van der Waals surface area contributed by atoms with Gasteiger partial charge in [-0.25, -0.2) is 0 Å². The van der Waals surface area contributed by atoms with Crippen molar-refractivity contribution in [1.29, 1.82) is 0 Å². The van der Waals surface area contributed by atoms with E-state index in [9.17, 15) is 9.59 Å². The van der Waals surface area contributed by atoms with Gasteiger partial charge in [0.05, 0.1) is 5.69 Å². The molecule has 0 atom stereocenters. The molecule has 0 fully saturated rings. The number of rotatable bonds is 2. The highest BCUT2D eigenvalue weighted by Crippen LogP contribution is 2.22. The minimum Gasteiger partial charge on any atom is -0.432 e. The lowest BCUT2D eigenvalue weighted by molar-refractivity contribution is 0.102. The van der Waals surface area contributed by atoms with Gasteiger partial charge in [-0.1, -0.05) is 20.8 Å². The Labute approximate surface area is 116 Å². The van der Waals surface area contributed by atoms with Gasteiger partial charge in [0.25, 0.3) is 11.5 Å². The Morgan fingerprint density at radius 2 is 2.10 bits per heavy atom. The molecule has 0 saturated carbocycles. The van der Waals surface area contributed by atoms with Gasteiger partial charge >= 0.3 is 6.01 Å². The average molecular weight is 275 g/mol. The number of anilines is 1. The molecule has 2 aromatic rings. The molecule has 6 nitrogen and oxygen atoms in total. The van der Waals surface area contributed by atoms with Gasteiger partial charge in [-0.2, -0.15) is 4.98 Å². The van der Waals surface area contributed by atoms with Gasteiger partial charge in [0.15, 0.2) is 0 Å². The van der Waals surface area contributed by atoms with Gasteiger partial charge < -0.3 is 8.98 Å². The lowest BCUT2D eigenvalue weighted by atomic mass is 9.93. The highest BCUT2D eigenvalue weighted by atomic mass is 16.4. The van der Waals surface area contributed by atoms with E-state index in [0.29, 0.717) is 0 Å². The van der Waals surface area contributed by atoms with E-state index in [0.717, 1.165) is 5.69 Å². The lowest BCUT2D eigenvalue weighted by Gasteiger charge is -2.12. The summed E-state index contributed by atoms with van der Waals surface area (Å²) in [5.41, 5.74) is 0.238. The molecule has 2 rings (SSSR count). The number of hydrogen-bond donors (Lipinski definition) is 1. The zero-order valence-corrected chi connectivity index (χ0v) is 11.9. The molecule has 0 aliphatic heterocycles.